The van der Waals surface area contributed by atoms with Crippen LogP contribution in [0.1, 0.15) is 65.2 Å². The lowest BCUT2D eigenvalue weighted by Crippen LogP contribution is -2.62. The van der Waals surface area contributed by atoms with E-state index in [0.29, 0.717) is 74.1 Å². The van der Waals surface area contributed by atoms with Gasteiger partial charge in [-0.25, -0.2) is 9.59 Å². The second-order valence-corrected chi connectivity index (χ2v) is 15.0. The zero-order valence-electron chi connectivity index (χ0n) is 29.4. The van der Waals surface area contributed by atoms with Crippen LogP contribution in [0, 0.1) is 5.41 Å². The maximum absolute atomic E-state index is 13.5. The molecular weight excluding hydrogens is 624 g/mol. The smallest absolute Gasteiger partial charge is 0.410 e. The number of nitrogens with zero attached hydrogens (tertiary/aromatic N) is 6. The Hall–Kier alpha value is -4.78. The lowest BCUT2D eigenvalue weighted by atomic mass is 9.73. The van der Waals surface area contributed by atoms with E-state index in [4.69, 9.17) is 24.4 Å². The number of benzene rings is 2. The number of rotatable bonds is 6. The van der Waals surface area contributed by atoms with Gasteiger partial charge in [-0.1, -0.05) is 20.8 Å². The highest BCUT2D eigenvalue weighted by atomic mass is 16.6. The molecule has 2 aromatic carbocycles. The molecule has 3 amide bonds. The number of carbonyl (C=O) groups is 3. The van der Waals surface area contributed by atoms with Crippen LogP contribution in [0.2, 0.25) is 0 Å². The summed E-state index contributed by atoms with van der Waals surface area (Å²) in [5, 5.41) is 5.63. The number of ketones is 1. The van der Waals surface area contributed by atoms with Gasteiger partial charge in [-0.15, -0.1) is 0 Å². The minimum absolute atomic E-state index is 0.0169. The van der Waals surface area contributed by atoms with Gasteiger partial charge in [0, 0.05) is 48.7 Å². The number of nitrogens with one attached hydrogen (secondary N) is 2. The van der Waals surface area contributed by atoms with Crippen LogP contribution in [0.5, 0.6) is 0 Å². The fourth-order valence-electron chi connectivity index (χ4n) is 6.77. The predicted octanol–water partition coefficient (Wildman–Crippen LogP) is 5.84. The van der Waals surface area contributed by atoms with Gasteiger partial charge in [0.05, 0.1) is 24.8 Å². The van der Waals surface area contributed by atoms with E-state index in [1.165, 1.54) is 6.92 Å². The number of aromatic nitrogens is 3. The molecule has 49 heavy (non-hydrogen) atoms. The topological polar surface area (TPSA) is 142 Å². The summed E-state index contributed by atoms with van der Waals surface area (Å²) < 4.78 is 11.5. The van der Waals surface area contributed by atoms with E-state index in [0.717, 1.165) is 12.0 Å². The van der Waals surface area contributed by atoms with Gasteiger partial charge in [-0.3, -0.25) is 9.69 Å². The van der Waals surface area contributed by atoms with Crippen molar-refractivity contribution in [3.63, 3.8) is 0 Å². The lowest BCUT2D eigenvalue weighted by molar-refractivity contribution is -0.0181. The number of Topliss-reactive ketones (excluding diaryl/α,β-unsaturated/α-hetero) is 1. The van der Waals surface area contributed by atoms with Crippen molar-refractivity contribution in [1.29, 1.82) is 0 Å². The van der Waals surface area contributed by atoms with E-state index >= 15 is 0 Å². The molecule has 3 saturated heterocycles. The van der Waals surface area contributed by atoms with E-state index in [1.54, 1.807) is 36.4 Å². The summed E-state index contributed by atoms with van der Waals surface area (Å²) in [6.07, 6.45) is 0.496. The molecule has 3 fully saturated rings. The first-order valence-electron chi connectivity index (χ1n) is 16.8. The zero-order chi connectivity index (χ0) is 35.1. The highest BCUT2D eigenvalue weighted by molar-refractivity contribution is 6.00. The molecule has 3 aliphatic heterocycles. The largest absolute Gasteiger partial charge is 0.444 e. The number of carbonyl (C=O) groups excluding carboxylic acids is 3. The van der Waals surface area contributed by atoms with Crippen molar-refractivity contribution < 1.29 is 23.9 Å². The van der Waals surface area contributed by atoms with Crippen LogP contribution in [-0.4, -0.2) is 94.3 Å². The molecule has 2 N–H and O–H groups in total. The molecule has 0 saturated carbocycles. The van der Waals surface area contributed by atoms with E-state index in [2.05, 4.69) is 41.2 Å². The molecule has 260 valence electrons. The average Bonchev–Trinajstić information content (AvgIpc) is 3.64. The van der Waals surface area contributed by atoms with Crippen molar-refractivity contribution in [3.05, 3.63) is 54.1 Å². The first-order chi connectivity index (χ1) is 23.1. The molecule has 0 radical (unpaired) electrons. The third-order valence-electron chi connectivity index (χ3n) is 9.48. The van der Waals surface area contributed by atoms with Crippen LogP contribution < -0.4 is 20.4 Å². The number of amides is 3. The predicted molar refractivity (Wildman–Crippen MR) is 188 cm³/mol. The molecule has 0 aliphatic carbocycles. The Morgan fingerprint density at radius 1 is 0.857 bits per heavy atom. The van der Waals surface area contributed by atoms with Crippen molar-refractivity contribution in [3.8, 4) is 11.4 Å². The van der Waals surface area contributed by atoms with E-state index in [1.807, 2.05) is 37.8 Å². The summed E-state index contributed by atoms with van der Waals surface area (Å²) >= 11 is 0. The standard InChI is InChI=1S/C36H46N8O5/c1-23(45)24-8-12-26(13-9-24)37-32(46)38-27-14-10-25(11-15-27)29-39-30(42-16-18-48-19-17-42)41-31(40-29)43-22-36(34(2,3)4)20-28(43)21-44(36)33(47)49-35(5,6)7/h8-15,28H,16-22H2,1-7H3,(H2,37,38,46)/t28-,36+/m1/s1. The van der Waals surface area contributed by atoms with Crippen molar-refractivity contribution in [2.75, 3.05) is 59.8 Å². The monoisotopic (exact) mass is 670 g/mol. The first kappa shape index (κ1) is 34.1. The summed E-state index contributed by atoms with van der Waals surface area (Å²) in [5.41, 5.74) is 1.23. The Kier molecular flexibility index (Phi) is 8.99. The van der Waals surface area contributed by atoms with Gasteiger partial charge >= 0.3 is 12.1 Å². The van der Waals surface area contributed by atoms with Gasteiger partial charge in [0.1, 0.15) is 5.60 Å². The summed E-state index contributed by atoms with van der Waals surface area (Å²) in [6.45, 7) is 17.3. The van der Waals surface area contributed by atoms with Crippen LogP contribution >= 0.6 is 0 Å². The van der Waals surface area contributed by atoms with Crippen LogP contribution in [0.4, 0.5) is 32.9 Å². The summed E-state index contributed by atoms with van der Waals surface area (Å²) in [5.74, 6) is 1.63. The fraction of sp³-hybridized carbons (Fsp3) is 0.500. The molecule has 0 unspecified atom stereocenters. The van der Waals surface area contributed by atoms with Gasteiger partial charge in [0.25, 0.3) is 0 Å². The molecule has 13 heteroatoms. The molecule has 3 aliphatic rings. The minimum atomic E-state index is -0.591. The van der Waals surface area contributed by atoms with Gasteiger partial charge in [-0.2, -0.15) is 15.0 Å². The third-order valence-corrected chi connectivity index (χ3v) is 9.48. The Morgan fingerprint density at radius 3 is 2.02 bits per heavy atom. The highest BCUT2D eigenvalue weighted by Crippen LogP contribution is 2.51. The van der Waals surface area contributed by atoms with Gasteiger partial charge in [-0.05, 0) is 88.1 Å². The number of hydrogen-bond acceptors (Lipinski definition) is 10. The maximum atomic E-state index is 13.5. The summed E-state index contributed by atoms with van der Waals surface area (Å²) in [6, 6.07) is 13.7. The minimum Gasteiger partial charge on any atom is -0.444 e. The van der Waals surface area contributed by atoms with Crippen LogP contribution in [-0.2, 0) is 9.47 Å². The van der Waals surface area contributed by atoms with E-state index in [9.17, 15) is 14.4 Å². The van der Waals surface area contributed by atoms with Gasteiger partial charge < -0.3 is 29.9 Å². The number of morpholine rings is 1. The number of ether oxygens (including phenoxy) is 2. The van der Waals surface area contributed by atoms with Crippen molar-refractivity contribution in [2.24, 2.45) is 5.41 Å². The zero-order valence-corrected chi connectivity index (χ0v) is 29.4. The third kappa shape index (κ3) is 7.17. The summed E-state index contributed by atoms with van der Waals surface area (Å²) in [4.78, 5) is 58.8. The molecule has 13 nitrogen and oxygen atoms in total. The molecule has 3 aromatic rings. The van der Waals surface area contributed by atoms with E-state index < -0.39 is 17.2 Å². The number of fused-ring (bicyclic) bond motifs is 2. The quantitative estimate of drug-likeness (QED) is 0.308. The molecular formula is C36H46N8O5. The molecule has 0 spiro atoms. The second-order valence-electron chi connectivity index (χ2n) is 15.0. The summed E-state index contributed by atoms with van der Waals surface area (Å²) in [7, 11) is 0. The molecule has 4 heterocycles. The van der Waals surface area contributed by atoms with Crippen LogP contribution in [0.15, 0.2) is 48.5 Å². The number of urea groups is 1. The van der Waals surface area contributed by atoms with Crippen molar-refractivity contribution >= 4 is 41.2 Å². The first-order valence-corrected chi connectivity index (χ1v) is 16.8. The Morgan fingerprint density at radius 2 is 1.45 bits per heavy atom. The number of likely N-dealkylation sites (tertiary alicyclic amines) is 1. The fourth-order valence-corrected chi connectivity index (χ4v) is 6.77. The SMILES string of the molecule is CC(=O)c1ccc(NC(=O)Nc2ccc(-c3nc(N4CCOCC4)nc(N4C[C@]5(C(C)(C)C)C[C@@H]4CN5C(=O)OC(C)(C)C)n3)cc2)cc1. The highest BCUT2D eigenvalue weighted by Gasteiger charge is 2.63. The maximum Gasteiger partial charge on any atom is 0.410 e. The second kappa shape index (κ2) is 12.9. The van der Waals surface area contributed by atoms with Crippen LogP contribution in [0.3, 0.4) is 0 Å². The number of hydrogen-bond donors (Lipinski definition) is 2. The molecule has 1 aromatic heterocycles. The van der Waals surface area contributed by atoms with Crippen molar-refractivity contribution in [1.82, 2.24) is 19.9 Å². The Balaban J connectivity index is 1.25. The Labute approximate surface area is 287 Å². The number of piperazine rings is 1. The Bertz CT molecular complexity index is 1710. The lowest BCUT2D eigenvalue weighted by Gasteiger charge is -2.49. The molecule has 6 rings (SSSR count). The number of anilines is 4. The molecule has 2 atom stereocenters. The van der Waals surface area contributed by atoms with Crippen LogP contribution in [0.25, 0.3) is 11.4 Å². The average molecular weight is 671 g/mol. The molecule has 2 bridgehead atoms. The van der Waals surface area contributed by atoms with Crippen molar-refractivity contribution in [2.45, 2.75) is 72.1 Å². The van der Waals surface area contributed by atoms with E-state index in [-0.39, 0.29) is 23.3 Å². The van der Waals surface area contributed by atoms with Gasteiger partial charge in [0.2, 0.25) is 11.9 Å². The normalized spacial score (nSPS) is 20.7. The van der Waals surface area contributed by atoms with Gasteiger partial charge in [0.15, 0.2) is 11.6 Å².